The van der Waals surface area contributed by atoms with Gasteiger partial charge in [0.2, 0.25) is 0 Å². The average Bonchev–Trinajstić information content (AvgIpc) is 3.11. The first-order valence-electron chi connectivity index (χ1n) is 10.4. The highest BCUT2D eigenvalue weighted by molar-refractivity contribution is 5.83. The van der Waals surface area contributed by atoms with E-state index >= 15 is 8.78 Å². The number of aromatic amines is 1. The third kappa shape index (κ3) is 3.62. The van der Waals surface area contributed by atoms with Gasteiger partial charge in [0.1, 0.15) is 17.3 Å². The molecule has 0 bridgehead atoms. The number of alkyl halides is 1. The van der Waals surface area contributed by atoms with Gasteiger partial charge >= 0.3 is 0 Å². The molecule has 3 aromatic rings. The number of rotatable bonds is 4. The SMILES string of the molecule is CC(C)c1cc(F)c(C2c3ccc4[nH]ncc4c3C[C@@H](C)N2CC(C)(C)F)c(F)c1. The largest absolute Gasteiger partial charge is 0.286 e. The number of halogens is 3. The Morgan fingerprint density at radius 2 is 1.87 bits per heavy atom. The molecule has 0 radical (unpaired) electrons. The molecule has 160 valence electrons. The van der Waals surface area contributed by atoms with Crippen molar-refractivity contribution in [2.24, 2.45) is 0 Å². The maximum Gasteiger partial charge on any atom is 0.131 e. The number of fused-ring (bicyclic) bond motifs is 3. The van der Waals surface area contributed by atoms with Gasteiger partial charge in [-0.05, 0) is 68.0 Å². The Kier molecular flexibility index (Phi) is 5.17. The Labute approximate surface area is 175 Å². The van der Waals surface area contributed by atoms with Crippen LogP contribution < -0.4 is 0 Å². The summed E-state index contributed by atoms with van der Waals surface area (Å²) in [5.41, 5.74) is 1.80. The quantitative estimate of drug-likeness (QED) is 0.563. The Morgan fingerprint density at radius 3 is 2.47 bits per heavy atom. The monoisotopic (exact) mass is 415 g/mol. The summed E-state index contributed by atoms with van der Waals surface area (Å²) < 4.78 is 45.5. The maximum atomic E-state index is 15.4. The van der Waals surface area contributed by atoms with Crippen LogP contribution in [-0.2, 0) is 6.42 Å². The zero-order chi connectivity index (χ0) is 21.8. The fourth-order valence-corrected chi connectivity index (χ4v) is 4.62. The van der Waals surface area contributed by atoms with Crippen molar-refractivity contribution in [3.05, 3.63) is 64.4 Å². The van der Waals surface area contributed by atoms with Crippen molar-refractivity contribution in [2.75, 3.05) is 6.54 Å². The Hall–Kier alpha value is -2.34. The lowest BCUT2D eigenvalue weighted by atomic mass is 9.82. The molecule has 2 atom stereocenters. The lowest BCUT2D eigenvalue weighted by Crippen LogP contribution is -2.48. The van der Waals surface area contributed by atoms with Gasteiger partial charge in [0.25, 0.3) is 0 Å². The summed E-state index contributed by atoms with van der Waals surface area (Å²) in [7, 11) is 0. The van der Waals surface area contributed by atoms with E-state index < -0.39 is 23.3 Å². The minimum atomic E-state index is -1.51. The van der Waals surface area contributed by atoms with Crippen molar-refractivity contribution in [1.29, 1.82) is 0 Å². The molecule has 1 N–H and O–H groups in total. The van der Waals surface area contributed by atoms with E-state index in [4.69, 9.17) is 0 Å². The van der Waals surface area contributed by atoms with Gasteiger partial charge < -0.3 is 0 Å². The van der Waals surface area contributed by atoms with E-state index in [1.807, 2.05) is 37.8 Å². The van der Waals surface area contributed by atoms with Crippen LogP contribution in [0.15, 0.2) is 30.5 Å². The van der Waals surface area contributed by atoms with Gasteiger partial charge in [-0.3, -0.25) is 10.00 Å². The van der Waals surface area contributed by atoms with E-state index in [0.29, 0.717) is 12.0 Å². The zero-order valence-electron chi connectivity index (χ0n) is 18.1. The molecule has 0 saturated heterocycles. The molecule has 1 aromatic heterocycles. The molecule has 4 rings (SSSR count). The van der Waals surface area contributed by atoms with Crippen molar-refractivity contribution in [1.82, 2.24) is 15.1 Å². The second kappa shape index (κ2) is 7.41. The summed E-state index contributed by atoms with van der Waals surface area (Å²) >= 11 is 0. The average molecular weight is 416 g/mol. The van der Waals surface area contributed by atoms with Crippen LogP contribution in [0.4, 0.5) is 13.2 Å². The number of aromatic nitrogens is 2. The van der Waals surface area contributed by atoms with E-state index in [9.17, 15) is 4.39 Å². The highest BCUT2D eigenvalue weighted by Crippen LogP contribution is 2.43. The first-order chi connectivity index (χ1) is 14.1. The summed E-state index contributed by atoms with van der Waals surface area (Å²) in [6, 6.07) is 5.79. The van der Waals surface area contributed by atoms with Crippen molar-refractivity contribution in [3.8, 4) is 0 Å². The second-order valence-corrected chi connectivity index (χ2v) is 9.36. The maximum absolute atomic E-state index is 15.4. The van der Waals surface area contributed by atoms with Crippen LogP contribution in [0.3, 0.4) is 0 Å². The van der Waals surface area contributed by atoms with Crippen LogP contribution >= 0.6 is 0 Å². The predicted molar refractivity (Wildman–Crippen MR) is 113 cm³/mol. The molecule has 1 unspecified atom stereocenters. The van der Waals surface area contributed by atoms with Crippen molar-refractivity contribution in [3.63, 3.8) is 0 Å². The van der Waals surface area contributed by atoms with Crippen LogP contribution in [0.1, 0.15) is 68.8 Å². The lowest BCUT2D eigenvalue weighted by Gasteiger charge is -2.44. The minimum absolute atomic E-state index is 0.00653. The number of H-pyrrole nitrogens is 1. The number of benzene rings is 2. The molecule has 3 nitrogen and oxygen atoms in total. The number of hydrogen-bond donors (Lipinski definition) is 1. The first kappa shape index (κ1) is 20.9. The van der Waals surface area contributed by atoms with E-state index in [2.05, 4.69) is 10.2 Å². The van der Waals surface area contributed by atoms with Crippen LogP contribution in [0.2, 0.25) is 0 Å². The molecule has 2 aromatic carbocycles. The second-order valence-electron chi connectivity index (χ2n) is 9.36. The fourth-order valence-electron chi connectivity index (χ4n) is 4.62. The van der Waals surface area contributed by atoms with Gasteiger partial charge in [-0.2, -0.15) is 5.10 Å². The fraction of sp³-hybridized carbons (Fsp3) is 0.458. The molecule has 0 fully saturated rings. The molecule has 0 spiro atoms. The highest BCUT2D eigenvalue weighted by Gasteiger charge is 2.39. The molecular formula is C24H28F3N3. The molecule has 1 aliphatic heterocycles. The summed E-state index contributed by atoms with van der Waals surface area (Å²) in [4.78, 5) is 1.89. The lowest BCUT2D eigenvalue weighted by molar-refractivity contribution is 0.0655. The van der Waals surface area contributed by atoms with Crippen molar-refractivity contribution in [2.45, 2.75) is 64.7 Å². The number of nitrogens with one attached hydrogen (secondary N) is 1. The van der Waals surface area contributed by atoms with Gasteiger partial charge in [-0.25, -0.2) is 13.2 Å². The molecule has 2 heterocycles. The van der Waals surface area contributed by atoms with Gasteiger partial charge in [-0.1, -0.05) is 19.9 Å². The van der Waals surface area contributed by atoms with Gasteiger partial charge in [0.15, 0.2) is 0 Å². The smallest absolute Gasteiger partial charge is 0.131 e. The van der Waals surface area contributed by atoms with Crippen LogP contribution in [-0.4, -0.2) is 33.4 Å². The van der Waals surface area contributed by atoms with Crippen LogP contribution in [0.5, 0.6) is 0 Å². The van der Waals surface area contributed by atoms with Crippen molar-refractivity contribution < 1.29 is 13.2 Å². The summed E-state index contributed by atoms with van der Waals surface area (Å²) in [6.45, 7) is 8.87. The topological polar surface area (TPSA) is 31.9 Å². The number of hydrogen-bond acceptors (Lipinski definition) is 2. The molecule has 0 amide bonds. The van der Waals surface area contributed by atoms with E-state index in [0.717, 1.165) is 22.0 Å². The third-order valence-corrected chi connectivity index (χ3v) is 6.06. The molecule has 0 aliphatic carbocycles. The standard InChI is InChI=1S/C24H28F3N3/c1-13(2)15-9-19(25)22(20(26)10-15)23-16-6-7-21-18(11-28-29-21)17(16)8-14(3)30(23)12-24(4,5)27/h6-7,9-11,13-14,23H,8,12H2,1-5H3,(H,28,29)/t14-,23?/m1/s1. The zero-order valence-corrected chi connectivity index (χ0v) is 18.1. The predicted octanol–water partition coefficient (Wildman–Crippen LogP) is 6.05. The van der Waals surface area contributed by atoms with E-state index in [-0.39, 0.29) is 24.1 Å². The van der Waals surface area contributed by atoms with Crippen LogP contribution in [0.25, 0.3) is 10.9 Å². The molecule has 6 heteroatoms. The van der Waals surface area contributed by atoms with Crippen LogP contribution in [0, 0.1) is 11.6 Å². The minimum Gasteiger partial charge on any atom is -0.286 e. The van der Waals surface area contributed by atoms with Gasteiger partial charge in [-0.15, -0.1) is 0 Å². The first-order valence-corrected chi connectivity index (χ1v) is 10.4. The molecule has 1 aliphatic rings. The van der Waals surface area contributed by atoms with Gasteiger partial charge in [0.05, 0.1) is 17.8 Å². The Balaban J connectivity index is 1.96. The highest BCUT2D eigenvalue weighted by atomic mass is 19.1. The summed E-state index contributed by atoms with van der Waals surface area (Å²) in [5, 5.41) is 8.04. The van der Waals surface area contributed by atoms with Crippen molar-refractivity contribution >= 4 is 10.9 Å². The Morgan fingerprint density at radius 1 is 1.20 bits per heavy atom. The van der Waals surface area contributed by atoms with E-state index in [1.165, 1.54) is 26.0 Å². The van der Waals surface area contributed by atoms with E-state index in [1.54, 1.807) is 6.20 Å². The summed E-state index contributed by atoms with van der Waals surface area (Å²) in [5.74, 6) is -1.16. The molecule has 0 saturated carbocycles. The molecule has 30 heavy (non-hydrogen) atoms. The number of nitrogens with zero attached hydrogens (tertiary/aromatic N) is 2. The summed E-state index contributed by atoms with van der Waals surface area (Å²) in [6.07, 6.45) is 2.41. The molecular weight excluding hydrogens is 387 g/mol. The third-order valence-electron chi connectivity index (χ3n) is 6.06. The Bertz CT molecular complexity index is 1060. The van der Waals surface area contributed by atoms with Gasteiger partial charge in [0, 0.05) is 23.5 Å². The normalized spacial score (nSPS) is 20.2.